The minimum atomic E-state index is -0.781. The average Bonchev–Trinajstić information content (AvgIpc) is 3.30. The molecule has 0 aliphatic carbocycles. The van der Waals surface area contributed by atoms with Crippen molar-refractivity contribution in [3.05, 3.63) is 53.2 Å². The highest BCUT2D eigenvalue weighted by atomic mass is 79.9. The van der Waals surface area contributed by atoms with Gasteiger partial charge in [0.15, 0.2) is 0 Å². The molecule has 136 valence electrons. The molecule has 2 atom stereocenters. The first-order valence-electron chi connectivity index (χ1n) is 8.10. The van der Waals surface area contributed by atoms with Gasteiger partial charge in [-0.2, -0.15) is 0 Å². The number of imidazole rings is 1. The lowest BCUT2D eigenvalue weighted by atomic mass is 10.0. The van der Waals surface area contributed by atoms with Gasteiger partial charge in [0, 0.05) is 40.4 Å². The van der Waals surface area contributed by atoms with E-state index in [-0.39, 0.29) is 5.91 Å². The third-order valence-electron chi connectivity index (χ3n) is 4.31. The molecule has 2 heterocycles. The highest BCUT2D eigenvalue weighted by Gasteiger charge is 2.26. The van der Waals surface area contributed by atoms with Crippen LogP contribution in [0, 0.1) is 0 Å². The number of H-pyrrole nitrogens is 1. The van der Waals surface area contributed by atoms with E-state index in [9.17, 15) is 9.59 Å². The quantitative estimate of drug-likeness (QED) is 0.602. The van der Waals surface area contributed by atoms with Crippen molar-refractivity contribution in [1.82, 2.24) is 19.9 Å². The van der Waals surface area contributed by atoms with Crippen LogP contribution >= 0.6 is 15.9 Å². The Bertz CT molecular complexity index is 920. The number of benzene rings is 1. The number of hydrogen-bond donors (Lipinski definition) is 2. The standard InChI is InChI=1S/C18H19BrN4O3/c1-11(23-6-5-20-10-23)17(24)22-16(18(25)26-2)7-12-9-21-15-4-3-13(19)8-14(12)15/h3-6,8-11,16,21H,7H2,1-2H3,(H,22,24). The SMILES string of the molecule is COC(=O)C(Cc1c[nH]c2ccc(Br)cc12)NC(=O)C(C)n1ccnc1. The molecule has 1 amide bonds. The Balaban J connectivity index is 1.80. The summed E-state index contributed by atoms with van der Waals surface area (Å²) in [5.41, 5.74) is 1.89. The number of carbonyl (C=O) groups excluding carboxylic acids is 2. The number of aromatic amines is 1. The number of amides is 1. The summed E-state index contributed by atoms with van der Waals surface area (Å²) in [6.07, 6.45) is 7.04. The van der Waals surface area contributed by atoms with Gasteiger partial charge in [-0.05, 0) is 30.7 Å². The van der Waals surface area contributed by atoms with E-state index in [2.05, 4.69) is 31.2 Å². The van der Waals surface area contributed by atoms with Gasteiger partial charge in [-0.25, -0.2) is 9.78 Å². The van der Waals surface area contributed by atoms with Crippen LogP contribution in [0.25, 0.3) is 10.9 Å². The number of fused-ring (bicyclic) bond motifs is 1. The van der Waals surface area contributed by atoms with Gasteiger partial charge in [0.1, 0.15) is 12.1 Å². The summed E-state index contributed by atoms with van der Waals surface area (Å²) in [6.45, 7) is 1.74. The van der Waals surface area contributed by atoms with Crippen molar-refractivity contribution in [2.75, 3.05) is 7.11 Å². The van der Waals surface area contributed by atoms with Crippen LogP contribution in [-0.4, -0.2) is 39.6 Å². The highest BCUT2D eigenvalue weighted by Crippen LogP contribution is 2.24. The molecule has 3 rings (SSSR count). The molecule has 2 aromatic heterocycles. The summed E-state index contributed by atoms with van der Waals surface area (Å²) in [4.78, 5) is 31.9. The van der Waals surface area contributed by atoms with Crippen LogP contribution in [0.1, 0.15) is 18.5 Å². The van der Waals surface area contributed by atoms with Crippen LogP contribution in [0.5, 0.6) is 0 Å². The monoisotopic (exact) mass is 418 g/mol. The van der Waals surface area contributed by atoms with Gasteiger partial charge < -0.3 is 19.6 Å². The van der Waals surface area contributed by atoms with E-state index in [4.69, 9.17) is 4.74 Å². The van der Waals surface area contributed by atoms with Crippen LogP contribution in [0.4, 0.5) is 0 Å². The molecular formula is C18H19BrN4O3. The Morgan fingerprint density at radius 2 is 2.23 bits per heavy atom. The first-order valence-corrected chi connectivity index (χ1v) is 8.90. The van der Waals surface area contributed by atoms with Gasteiger partial charge in [0.2, 0.25) is 5.91 Å². The number of nitrogens with one attached hydrogen (secondary N) is 2. The molecule has 0 aliphatic rings. The Morgan fingerprint density at radius 1 is 1.42 bits per heavy atom. The average molecular weight is 419 g/mol. The molecule has 0 saturated carbocycles. The van der Waals surface area contributed by atoms with E-state index in [1.807, 2.05) is 24.4 Å². The highest BCUT2D eigenvalue weighted by molar-refractivity contribution is 9.10. The van der Waals surface area contributed by atoms with Crippen molar-refractivity contribution in [1.29, 1.82) is 0 Å². The van der Waals surface area contributed by atoms with E-state index >= 15 is 0 Å². The number of halogens is 1. The minimum absolute atomic E-state index is 0.278. The summed E-state index contributed by atoms with van der Waals surface area (Å²) >= 11 is 3.46. The summed E-state index contributed by atoms with van der Waals surface area (Å²) in [7, 11) is 1.31. The van der Waals surface area contributed by atoms with Crippen molar-refractivity contribution in [3.8, 4) is 0 Å². The largest absolute Gasteiger partial charge is 0.467 e. The van der Waals surface area contributed by atoms with Crippen molar-refractivity contribution in [2.24, 2.45) is 0 Å². The zero-order valence-corrected chi connectivity index (χ0v) is 16.0. The van der Waals surface area contributed by atoms with E-state index in [0.717, 1.165) is 20.9 Å². The fourth-order valence-electron chi connectivity index (χ4n) is 2.80. The second-order valence-electron chi connectivity index (χ2n) is 5.98. The smallest absolute Gasteiger partial charge is 0.328 e. The van der Waals surface area contributed by atoms with E-state index < -0.39 is 18.1 Å². The third kappa shape index (κ3) is 3.80. The Hall–Kier alpha value is -2.61. The maximum atomic E-state index is 12.5. The zero-order valence-electron chi connectivity index (χ0n) is 14.4. The molecule has 0 aliphatic heterocycles. The first-order chi connectivity index (χ1) is 12.5. The van der Waals surface area contributed by atoms with Crippen LogP contribution < -0.4 is 5.32 Å². The molecule has 26 heavy (non-hydrogen) atoms. The van der Waals surface area contributed by atoms with Crippen molar-refractivity contribution >= 4 is 38.7 Å². The molecule has 0 radical (unpaired) electrons. The molecule has 0 fully saturated rings. The fraction of sp³-hybridized carbons (Fsp3) is 0.278. The number of methoxy groups -OCH3 is 1. The Labute approximate surface area is 158 Å². The van der Waals surface area contributed by atoms with Gasteiger partial charge >= 0.3 is 5.97 Å². The predicted octanol–water partition coefficient (Wildman–Crippen LogP) is 2.59. The van der Waals surface area contributed by atoms with Crippen LogP contribution in [0.3, 0.4) is 0 Å². The Kier molecular flexibility index (Phi) is 5.41. The minimum Gasteiger partial charge on any atom is -0.467 e. The van der Waals surface area contributed by atoms with Gasteiger partial charge in [-0.15, -0.1) is 0 Å². The van der Waals surface area contributed by atoms with Gasteiger partial charge in [-0.1, -0.05) is 15.9 Å². The van der Waals surface area contributed by atoms with Crippen LogP contribution in [0.2, 0.25) is 0 Å². The van der Waals surface area contributed by atoms with E-state index in [1.54, 1.807) is 30.2 Å². The third-order valence-corrected chi connectivity index (χ3v) is 4.80. The number of hydrogen-bond acceptors (Lipinski definition) is 4. The second kappa shape index (κ2) is 7.74. The first kappa shape index (κ1) is 18.2. The van der Waals surface area contributed by atoms with Gasteiger partial charge in [-0.3, -0.25) is 4.79 Å². The fourth-order valence-corrected chi connectivity index (χ4v) is 3.16. The number of carbonyl (C=O) groups is 2. The summed E-state index contributed by atoms with van der Waals surface area (Å²) < 4.78 is 7.49. The van der Waals surface area contributed by atoms with Crippen LogP contribution in [-0.2, 0) is 20.7 Å². The van der Waals surface area contributed by atoms with Gasteiger partial charge in [0.25, 0.3) is 0 Å². The molecule has 2 unspecified atom stereocenters. The molecule has 3 aromatic rings. The number of ether oxygens (including phenoxy) is 1. The zero-order chi connectivity index (χ0) is 18.7. The molecule has 0 spiro atoms. The number of rotatable bonds is 6. The topological polar surface area (TPSA) is 89.0 Å². The lowest BCUT2D eigenvalue weighted by Gasteiger charge is -2.19. The molecule has 1 aromatic carbocycles. The normalized spacial score (nSPS) is 13.3. The molecule has 2 N–H and O–H groups in total. The lowest BCUT2D eigenvalue weighted by molar-refractivity contribution is -0.145. The molecule has 8 heteroatoms. The predicted molar refractivity (Wildman–Crippen MR) is 101 cm³/mol. The van der Waals surface area contributed by atoms with Crippen molar-refractivity contribution in [3.63, 3.8) is 0 Å². The summed E-state index contributed by atoms with van der Waals surface area (Å²) in [5, 5.41) is 3.78. The second-order valence-corrected chi connectivity index (χ2v) is 6.89. The molecule has 7 nitrogen and oxygen atoms in total. The Morgan fingerprint density at radius 3 is 2.92 bits per heavy atom. The maximum Gasteiger partial charge on any atom is 0.328 e. The van der Waals surface area contributed by atoms with Crippen LogP contribution in [0.15, 0.2) is 47.6 Å². The lowest BCUT2D eigenvalue weighted by Crippen LogP contribution is -2.45. The summed E-state index contributed by atoms with van der Waals surface area (Å²) in [5.74, 6) is -0.764. The van der Waals surface area contributed by atoms with E-state index in [0.29, 0.717) is 6.42 Å². The van der Waals surface area contributed by atoms with Crippen molar-refractivity contribution < 1.29 is 14.3 Å². The summed E-state index contributed by atoms with van der Waals surface area (Å²) in [6, 6.07) is 4.61. The molecule has 0 bridgehead atoms. The molecule has 0 saturated heterocycles. The number of aromatic nitrogens is 3. The number of esters is 1. The number of nitrogens with zero attached hydrogens (tertiary/aromatic N) is 2. The maximum absolute atomic E-state index is 12.5. The van der Waals surface area contributed by atoms with Crippen molar-refractivity contribution in [2.45, 2.75) is 25.4 Å². The molecular weight excluding hydrogens is 400 g/mol. The van der Waals surface area contributed by atoms with Gasteiger partial charge in [0.05, 0.1) is 13.4 Å². The van der Waals surface area contributed by atoms with E-state index in [1.165, 1.54) is 7.11 Å².